The number of hydrogen-bond donors (Lipinski definition) is 0. The van der Waals surface area contributed by atoms with Crippen molar-refractivity contribution in [1.82, 2.24) is 19.5 Å². The monoisotopic (exact) mass is 457 g/mol. The molecule has 2 fully saturated rings. The molecule has 0 aliphatic carbocycles. The van der Waals surface area contributed by atoms with Gasteiger partial charge < -0.3 is 9.47 Å². The van der Waals surface area contributed by atoms with Crippen LogP contribution in [0.1, 0.15) is 50.4 Å². The highest BCUT2D eigenvalue weighted by Crippen LogP contribution is 2.33. The summed E-state index contributed by atoms with van der Waals surface area (Å²) >= 11 is 0. The first-order valence-corrected chi connectivity index (χ1v) is 13.0. The minimum atomic E-state index is -3.16. The lowest BCUT2D eigenvalue weighted by Gasteiger charge is -2.36. The van der Waals surface area contributed by atoms with Crippen LogP contribution in [-0.4, -0.2) is 69.5 Å². The van der Waals surface area contributed by atoms with E-state index in [1.165, 1.54) is 5.01 Å². The van der Waals surface area contributed by atoms with Crippen molar-refractivity contribution in [2.24, 2.45) is 12.1 Å². The average Bonchev–Trinajstić information content (AvgIpc) is 3.33. The van der Waals surface area contributed by atoms with Gasteiger partial charge in [-0.05, 0) is 37.8 Å². The molecule has 170 valence electrons. The number of fused-ring (bicyclic) bond motifs is 1. The Kier molecular flexibility index (Phi) is 5.27. The molecule has 2 amide bonds. The van der Waals surface area contributed by atoms with Gasteiger partial charge in [-0.3, -0.25) is 9.59 Å². The van der Waals surface area contributed by atoms with Crippen LogP contribution in [0.2, 0.25) is 0 Å². The molecule has 0 bridgehead atoms. The van der Waals surface area contributed by atoms with Crippen molar-refractivity contribution < 1.29 is 18.0 Å². The Bertz CT molecular complexity index is 1220. The lowest BCUT2D eigenvalue weighted by atomic mass is 9.99. The third kappa shape index (κ3) is 3.70. The zero-order chi connectivity index (χ0) is 22.5. The summed E-state index contributed by atoms with van der Waals surface area (Å²) in [6, 6.07) is 7.28. The van der Waals surface area contributed by atoms with E-state index in [9.17, 15) is 18.0 Å². The number of aryl methyl sites for hydroxylation is 1. The maximum absolute atomic E-state index is 13.6. The second-order valence-electron chi connectivity index (χ2n) is 8.87. The molecule has 0 N–H and O–H groups in total. The van der Waals surface area contributed by atoms with Gasteiger partial charge >= 0.3 is 0 Å². The van der Waals surface area contributed by atoms with Crippen molar-refractivity contribution in [2.45, 2.75) is 50.6 Å². The molecule has 5 rings (SSSR count). The van der Waals surface area contributed by atoms with E-state index in [4.69, 9.17) is 4.98 Å². The van der Waals surface area contributed by atoms with Crippen molar-refractivity contribution in [3.63, 3.8) is 0 Å². The van der Waals surface area contributed by atoms with E-state index < -0.39 is 15.9 Å². The number of likely N-dealkylation sites (tertiary alicyclic amines) is 1. The summed E-state index contributed by atoms with van der Waals surface area (Å²) < 4.78 is 25.8. The number of nitrogens with zero attached hydrogens (tertiary/aromatic N) is 5. The van der Waals surface area contributed by atoms with Gasteiger partial charge in [-0.15, -0.1) is 0 Å². The number of hydrazone groups is 1. The van der Waals surface area contributed by atoms with E-state index >= 15 is 0 Å². The third-order valence-corrected chi connectivity index (χ3v) is 8.49. The van der Waals surface area contributed by atoms with Crippen molar-refractivity contribution in [3.8, 4) is 0 Å². The number of sulfone groups is 1. The smallest absolute Gasteiger partial charge is 0.270 e. The largest absolute Gasteiger partial charge is 0.329 e. The Hall–Kier alpha value is -2.75. The molecule has 1 aromatic carbocycles. The first kappa shape index (κ1) is 21.1. The summed E-state index contributed by atoms with van der Waals surface area (Å²) in [7, 11) is -1.19. The molecule has 0 saturated carbocycles. The zero-order valence-electron chi connectivity index (χ0n) is 18.1. The van der Waals surface area contributed by atoms with Gasteiger partial charge in [0.15, 0.2) is 9.84 Å². The predicted molar refractivity (Wildman–Crippen MR) is 120 cm³/mol. The van der Waals surface area contributed by atoms with Crippen LogP contribution in [-0.2, 0) is 26.5 Å². The second-order valence-corrected chi connectivity index (χ2v) is 11.1. The summed E-state index contributed by atoms with van der Waals surface area (Å²) in [6.07, 6.45) is 3.55. The Morgan fingerprint density at radius 2 is 1.94 bits per heavy atom. The quantitative estimate of drug-likeness (QED) is 0.699. The van der Waals surface area contributed by atoms with Gasteiger partial charge in [0.05, 0.1) is 34.6 Å². The molecule has 10 heteroatoms. The molecular formula is C22H27N5O4S. The Labute approximate surface area is 187 Å². The molecule has 0 radical (unpaired) electrons. The van der Waals surface area contributed by atoms with Crippen molar-refractivity contribution in [1.29, 1.82) is 0 Å². The van der Waals surface area contributed by atoms with E-state index in [0.717, 1.165) is 36.1 Å². The number of benzene rings is 1. The molecule has 4 heterocycles. The molecule has 0 spiro atoms. The zero-order valence-corrected chi connectivity index (χ0v) is 18.9. The Balaban J connectivity index is 1.44. The maximum Gasteiger partial charge on any atom is 0.270 e. The lowest BCUT2D eigenvalue weighted by molar-refractivity contribution is -0.134. The van der Waals surface area contributed by atoms with Crippen LogP contribution in [0.4, 0.5) is 0 Å². The molecule has 3 aliphatic rings. The molecule has 2 atom stereocenters. The molecule has 32 heavy (non-hydrogen) atoms. The summed E-state index contributed by atoms with van der Waals surface area (Å²) in [5.41, 5.74) is 2.26. The van der Waals surface area contributed by atoms with Crippen LogP contribution in [0.3, 0.4) is 0 Å². The van der Waals surface area contributed by atoms with E-state index in [2.05, 4.69) is 5.10 Å². The highest BCUT2D eigenvalue weighted by molar-refractivity contribution is 7.91. The Morgan fingerprint density at radius 1 is 1.12 bits per heavy atom. The number of carbonyl (C=O) groups is 2. The fourth-order valence-corrected chi connectivity index (χ4v) is 6.74. The van der Waals surface area contributed by atoms with Gasteiger partial charge in [-0.2, -0.15) is 5.10 Å². The van der Waals surface area contributed by atoms with Crippen LogP contribution in [0.5, 0.6) is 0 Å². The van der Waals surface area contributed by atoms with Gasteiger partial charge in [-0.25, -0.2) is 18.4 Å². The van der Waals surface area contributed by atoms with E-state index in [1.807, 2.05) is 40.8 Å². The van der Waals surface area contributed by atoms with Gasteiger partial charge in [0, 0.05) is 26.4 Å². The normalized spacial score (nSPS) is 25.9. The van der Waals surface area contributed by atoms with Gasteiger partial charge in [0.25, 0.3) is 5.91 Å². The van der Waals surface area contributed by atoms with E-state index in [-0.39, 0.29) is 42.2 Å². The number of para-hydroxylation sites is 2. The Morgan fingerprint density at radius 3 is 2.69 bits per heavy atom. The first-order valence-electron chi connectivity index (χ1n) is 11.2. The highest BCUT2D eigenvalue weighted by atomic mass is 32.2. The second kappa shape index (κ2) is 7.99. The highest BCUT2D eigenvalue weighted by Gasteiger charge is 2.39. The SMILES string of the molecule is Cn1c([C@H]2CCCCN2C(=O)C2=NN([C@H]3CCS(=O)(=O)C3)C(=O)CC2)nc2ccccc21. The fourth-order valence-electron chi connectivity index (χ4n) is 5.05. The van der Waals surface area contributed by atoms with E-state index in [0.29, 0.717) is 18.7 Å². The van der Waals surface area contributed by atoms with Gasteiger partial charge in [-0.1, -0.05) is 12.1 Å². The molecule has 3 aliphatic heterocycles. The predicted octanol–water partition coefficient (Wildman–Crippen LogP) is 1.79. The number of imidazole rings is 1. The van der Waals surface area contributed by atoms with E-state index in [1.54, 1.807) is 0 Å². The standard InChI is InChI=1S/C22H27N5O4S/c1-25-18-7-3-2-6-16(18)23-21(25)19-8-4-5-12-26(19)22(29)17-9-10-20(28)27(24-17)15-11-13-32(30,31)14-15/h2-3,6-7,15,19H,4-5,8-14H2,1H3/t15-,19+/m0/s1. The molecule has 1 aromatic heterocycles. The number of rotatable bonds is 3. The minimum Gasteiger partial charge on any atom is -0.329 e. The van der Waals surface area contributed by atoms with Gasteiger partial charge in [0.2, 0.25) is 5.91 Å². The van der Waals surface area contributed by atoms with Crippen LogP contribution < -0.4 is 0 Å². The summed E-state index contributed by atoms with van der Waals surface area (Å²) in [6.45, 7) is 0.609. The number of aromatic nitrogens is 2. The van der Waals surface area contributed by atoms with Crippen molar-refractivity contribution in [3.05, 3.63) is 30.1 Å². The summed E-state index contributed by atoms with van der Waals surface area (Å²) in [4.78, 5) is 32.7. The average molecular weight is 458 g/mol. The van der Waals surface area contributed by atoms with Crippen LogP contribution in [0.25, 0.3) is 11.0 Å². The summed E-state index contributed by atoms with van der Waals surface area (Å²) in [5.74, 6) is 0.427. The third-order valence-electron chi connectivity index (χ3n) is 6.74. The lowest BCUT2D eigenvalue weighted by Crippen LogP contribution is -2.47. The molecule has 2 saturated heterocycles. The molecule has 2 aromatic rings. The summed E-state index contributed by atoms with van der Waals surface area (Å²) in [5, 5.41) is 5.66. The molecule has 0 unspecified atom stereocenters. The number of piperidine rings is 1. The van der Waals surface area contributed by atoms with Crippen molar-refractivity contribution >= 4 is 38.4 Å². The first-order chi connectivity index (χ1) is 15.3. The topological polar surface area (TPSA) is 105 Å². The molecular weight excluding hydrogens is 430 g/mol. The van der Waals surface area contributed by atoms with Crippen molar-refractivity contribution in [2.75, 3.05) is 18.1 Å². The molecule has 9 nitrogen and oxygen atoms in total. The maximum atomic E-state index is 13.6. The van der Waals surface area contributed by atoms with Crippen LogP contribution in [0.15, 0.2) is 29.4 Å². The minimum absolute atomic E-state index is 0.0567. The number of carbonyl (C=O) groups excluding carboxylic acids is 2. The van der Waals surface area contributed by atoms with Gasteiger partial charge in [0.1, 0.15) is 11.5 Å². The fraction of sp³-hybridized carbons (Fsp3) is 0.545. The van der Waals surface area contributed by atoms with Crippen LogP contribution in [0, 0.1) is 0 Å². The van der Waals surface area contributed by atoms with Crippen LogP contribution >= 0.6 is 0 Å². The number of amides is 2. The number of hydrogen-bond acceptors (Lipinski definition) is 6.